The minimum absolute atomic E-state index is 0. The number of carbonyl (C=O) groups excluding carboxylic acids is 1. The van der Waals surface area contributed by atoms with Crippen molar-refractivity contribution in [3.63, 3.8) is 0 Å². The standard InChI is InChI=1S/C22H34O2S.C2H6.H2/c1-20-9-6-16(23)12-15(20)4-5-17-19(20)14(8-11-25)13-22(3)18(24)7-10-21(17,22)2;1-2;/h12,14,17-19,24-25H,4-11,13H2,1-3H3;1-2H3;1H. The lowest BCUT2D eigenvalue weighted by molar-refractivity contribution is -0.158. The molecule has 0 amide bonds. The van der Waals surface area contributed by atoms with Crippen LogP contribution in [0.4, 0.5) is 0 Å². The molecule has 3 heteroatoms. The van der Waals surface area contributed by atoms with Crippen LogP contribution in [0.15, 0.2) is 11.6 Å². The van der Waals surface area contributed by atoms with Crippen LogP contribution in [0.25, 0.3) is 0 Å². The first kappa shape index (κ1) is 21.4. The maximum Gasteiger partial charge on any atom is 0.155 e. The summed E-state index contributed by atoms with van der Waals surface area (Å²) in [5.74, 6) is 3.19. The van der Waals surface area contributed by atoms with E-state index in [2.05, 4.69) is 33.4 Å². The molecule has 3 saturated carbocycles. The van der Waals surface area contributed by atoms with Crippen LogP contribution in [-0.2, 0) is 4.79 Å². The van der Waals surface area contributed by atoms with Crippen molar-refractivity contribution in [3.8, 4) is 0 Å². The number of hydrogen-bond acceptors (Lipinski definition) is 3. The Balaban J connectivity index is 0.000000906. The molecular weight excluding hydrogens is 352 g/mol. The molecule has 0 aromatic carbocycles. The average Bonchev–Trinajstić information content (AvgIpc) is 2.88. The summed E-state index contributed by atoms with van der Waals surface area (Å²) < 4.78 is 0. The fraction of sp³-hybridized carbons (Fsp3) is 0.875. The minimum Gasteiger partial charge on any atom is -0.393 e. The highest BCUT2D eigenvalue weighted by molar-refractivity contribution is 7.80. The summed E-state index contributed by atoms with van der Waals surface area (Å²) in [4.78, 5) is 12.0. The molecular formula is C24H42O2S. The van der Waals surface area contributed by atoms with Crippen molar-refractivity contribution in [1.29, 1.82) is 0 Å². The second-order valence-electron chi connectivity index (χ2n) is 10.1. The normalized spacial score (nSPS) is 48.6. The third-order valence-corrected chi connectivity index (χ3v) is 9.60. The van der Waals surface area contributed by atoms with Gasteiger partial charge in [-0.2, -0.15) is 12.6 Å². The molecule has 0 aliphatic heterocycles. The molecule has 0 aromatic heterocycles. The number of hydrogen-bond donors (Lipinski definition) is 2. The van der Waals surface area contributed by atoms with Crippen molar-refractivity contribution < 1.29 is 11.3 Å². The highest BCUT2D eigenvalue weighted by Gasteiger charge is 2.66. The van der Waals surface area contributed by atoms with Gasteiger partial charge in [0, 0.05) is 7.85 Å². The Kier molecular flexibility index (Phi) is 5.97. The zero-order valence-electron chi connectivity index (χ0n) is 18.1. The number of aliphatic hydroxyl groups excluding tert-OH is 1. The van der Waals surface area contributed by atoms with Crippen LogP contribution in [-0.4, -0.2) is 22.7 Å². The van der Waals surface area contributed by atoms with Crippen LogP contribution in [0.1, 0.15) is 87.4 Å². The Morgan fingerprint density at radius 2 is 1.85 bits per heavy atom. The Bertz CT molecular complexity index is 620. The molecule has 0 heterocycles. The molecule has 0 bridgehead atoms. The van der Waals surface area contributed by atoms with Gasteiger partial charge in [-0.15, -0.1) is 0 Å². The fourth-order valence-electron chi connectivity index (χ4n) is 7.73. The predicted octanol–water partition coefficient (Wildman–Crippen LogP) is 6.09. The molecule has 156 valence electrons. The van der Waals surface area contributed by atoms with Crippen molar-refractivity contribution in [3.05, 3.63) is 11.6 Å². The topological polar surface area (TPSA) is 37.3 Å². The maximum absolute atomic E-state index is 12.0. The van der Waals surface area contributed by atoms with Gasteiger partial charge in [-0.05, 0) is 90.8 Å². The van der Waals surface area contributed by atoms with Crippen molar-refractivity contribution in [2.24, 2.45) is 34.0 Å². The number of fused-ring (bicyclic) bond motifs is 5. The zero-order chi connectivity index (χ0) is 20.0. The van der Waals surface area contributed by atoms with Crippen LogP contribution < -0.4 is 0 Å². The van der Waals surface area contributed by atoms with Crippen LogP contribution in [0.5, 0.6) is 0 Å². The molecule has 2 nitrogen and oxygen atoms in total. The Morgan fingerprint density at radius 1 is 1.15 bits per heavy atom. The maximum atomic E-state index is 12.0. The Morgan fingerprint density at radius 3 is 2.52 bits per heavy atom. The van der Waals surface area contributed by atoms with E-state index >= 15 is 0 Å². The summed E-state index contributed by atoms with van der Waals surface area (Å²) in [5, 5.41) is 10.9. The quantitative estimate of drug-likeness (QED) is 0.556. The molecule has 4 aliphatic carbocycles. The molecule has 1 N–H and O–H groups in total. The first-order chi connectivity index (χ1) is 12.8. The number of ketones is 1. The molecule has 0 aromatic rings. The van der Waals surface area contributed by atoms with Crippen molar-refractivity contribution in [2.45, 2.75) is 92.1 Å². The second-order valence-corrected chi connectivity index (χ2v) is 10.5. The SMILES string of the molecule is CC.CC12CCC(=O)C=C1CCC1C2C(CCS)CC2(C)C(O)CCC12C.[HH]. The molecule has 7 atom stereocenters. The molecule has 4 rings (SSSR count). The van der Waals surface area contributed by atoms with Crippen molar-refractivity contribution in [2.75, 3.05) is 5.75 Å². The summed E-state index contributed by atoms with van der Waals surface area (Å²) in [7, 11) is 0. The molecule has 3 fully saturated rings. The van der Waals surface area contributed by atoms with Gasteiger partial charge in [0.15, 0.2) is 5.78 Å². The molecule has 0 spiro atoms. The second kappa shape index (κ2) is 7.52. The highest BCUT2D eigenvalue weighted by Crippen LogP contribution is 2.72. The predicted molar refractivity (Wildman–Crippen MR) is 118 cm³/mol. The van der Waals surface area contributed by atoms with E-state index < -0.39 is 0 Å². The van der Waals surface area contributed by atoms with Gasteiger partial charge in [-0.1, -0.05) is 40.2 Å². The van der Waals surface area contributed by atoms with Crippen LogP contribution >= 0.6 is 12.6 Å². The first-order valence-electron chi connectivity index (χ1n) is 11.3. The summed E-state index contributed by atoms with van der Waals surface area (Å²) in [6.07, 6.45) is 10.2. The van der Waals surface area contributed by atoms with Gasteiger partial charge < -0.3 is 5.11 Å². The summed E-state index contributed by atoms with van der Waals surface area (Å²) in [5.41, 5.74) is 1.90. The van der Waals surface area contributed by atoms with E-state index in [0.29, 0.717) is 30.0 Å². The van der Waals surface area contributed by atoms with Gasteiger partial charge in [-0.25, -0.2) is 0 Å². The molecule has 7 unspecified atom stereocenters. The highest BCUT2D eigenvalue weighted by atomic mass is 32.1. The van der Waals surface area contributed by atoms with Gasteiger partial charge >= 0.3 is 0 Å². The van der Waals surface area contributed by atoms with Crippen LogP contribution in [0.2, 0.25) is 0 Å². The summed E-state index contributed by atoms with van der Waals surface area (Å²) >= 11 is 4.58. The van der Waals surface area contributed by atoms with E-state index in [0.717, 1.165) is 44.3 Å². The van der Waals surface area contributed by atoms with Crippen LogP contribution in [0.3, 0.4) is 0 Å². The van der Waals surface area contributed by atoms with Gasteiger partial charge in [0.2, 0.25) is 0 Å². The lowest BCUT2D eigenvalue weighted by Gasteiger charge is -2.65. The van der Waals surface area contributed by atoms with Gasteiger partial charge in [0.05, 0.1) is 6.10 Å². The number of rotatable bonds is 2. The number of allylic oxidation sites excluding steroid dienone is 1. The molecule has 4 aliphatic rings. The molecule has 0 radical (unpaired) electrons. The fourth-order valence-corrected chi connectivity index (χ4v) is 8.06. The van der Waals surface area contributed by atoms with E-state index in [-0.39, 0.29) is 23.8 Å². The van der Waals surface area contributed by atoms with E-state index in [4.69, 9.17) is 0 Å². The van der Waals surface area contributed by atoms with Crippen molar-refractivity contribution >= 4 is 18.4 Å². The first-order valence-corrected chi connectivity index (χ1v) is 11.9. The number of carbonyl (C=O) groups is 1. The van der Waals surface area contributed by atoms with E-state index in [9.17, 15) is 9.90 Å². The lowest BCUT2D eigenvalue weighted by atomic mass is 9.40. The van der Waals surface area contributed by atoms with Crippen LogP contribution in [0, 0.1) is 34.0 Å². The number of aliphatic hydroxyl groups is 1. The van der Waals surface area contributed by atoms with Gasteiger partial charge in [0.25, 0.3) is 0 Å². The summed E-state index contributed by atoms with van der Waals surface area (Å²) in [6, 6.07) is 0. The van der Waals surface area contributed by atoms with Gasteiger partial charge in [0.1, 0.15) is 0 Å². The van der Waals surface area contributed by atoms with E-state index in [1.165, 1.54) is 12.0 Å². The zero-order valence-corrected chi connectivity index (χ0v) is 18.9. The van der Waals surface area contributed by atoms with Gasteiger partial charge in [-0.3, -0.25) is 4.79 Å². The Hall–Kier alpha value is -0.280. The minimum atomic E-state index is -0.154. The third-order valence-electron chi connectivity index (χ3n) is 9.34. The molecule has 0 saturated heterocycles. The van der Waals surface area contributed by atoms with Crippen molar-refractivity contribution in [1.82, 2.24) is 0 Å². The lowest BCUT2D eigenvalue weighted by Crippen LogP contribution is -2.59. The number of thiol groups is 1. The Labute approximate surface area is 173 Å². The van der Waals surface area contributed by atoms with E-state index in [1.807, 2.05) is 19.9 Å². The largest absolute Gasteiger partial charge is 0.393 e. The third kappa shape index (κ3) is 2.98. The summed E-state index contributed by atoms with van der Waals surface area (Å²) in [6.45, 7) is 11.3. The van der Waals surface area contributed by atoms with E-state index in [1.54, 1.807) is 0 Å². The monoisotopic (exact) mass is 394 g/mol. The molecule has 27 heavy (non-hydrogen) atoms. The average molecular weight is 395 g/mol. The smallest absolute Gasteiger partial charge is 0.155 e.